The maximum absolute atomic E-state index is 12.3. The fourth-order valence-corrected chi connectivity index (χ4v) is 2.29. The number of aromatic hydroxyl groups is 1. The van der Waals surface area contributed by atoms with Crippen LogP contribution in [-0.4, -0.2) is 30.3 Å². The summed E-state index contributed by atoms with van der Waals surface area (Å²) in [5, 5.41) is 15.4. The van der Waals surface area contributed by atoms with Gasteiger partial charge in [0.05, 0.1) is 25.5 Å². The first-order valence-electron chi connectivity index (χ1n) is 6.77. The molecule has 126 valence electrons. The monoisotopic (exact) mass is 366 g/mol. The number of phenols is 1. The van der Waals surface area contributed by atoms with Gasteiger partial charge in [0, 0.05) is 11.1 Å². The summed E-state index contributed by atoms with van der Waals surface area (Å²) in [7, 11) is 2.97. The van der Waals surface area contributed by atoms with E-state index in [0.29, 0.717) is 16.5 Å². The van der Waals surface area contributed by atoms with Crippen molar-refractivity contribution in [2.24, 2.45) is 0 Å². The molecule has 8 heteroatoms. The number of rotatable bonds is 4. The van der Waals surface area contributed by atoms with Gasteiger partial charge in [-0.3, -0.25) is 10.1 Å². The Hall–Kier alpha value is -2.51. The van der Waals surface area contributed by atoms with Crippen LogP contribution in [0.15, 0.2) is 36.4 Å². The lowest BCUT2D eigenvalue weighted by atomic mass is 10.2. The predicted octanol–water partition coefficient (Wildman–Crippen LogP) is 3.19. The van der Waals surface area contributed by atoms with E-state index in [-0.39, 0.29) is 22.1 Å². The Morgan fingerprint density at radius 3 is 2.58 bits per heavy atom. The predicted molar refractivity (Wildman–Crippen MR) is 96.3 cm³/mol. The van der Waals surface area contributed by atoms with Crippen molar-refractivity contribution in [3.63, 3.8) is 0 Å². The van der Waals surface area contributed by atoms with E-state index in [2.05, 4.69) is 10.6 Å². The van der Waals surface area contributed by atoms with Gasteiger partial charge in [0.25, 0.3) is 5.91 Å². The van der Waals surface area contributed by atoms with Crippen molar-refractivity contribution in [3.8, 4) is 17.2 Å². The minimum atomic E-state index is -0.464. The first kappa shape index (κ1) is 17.8. The number of hydrogen-bond donors (Lipinski definition) is 3. The number of ether oxygens (including phenoxy) is 2. The molecule has 0 radical (unpaired) electrons. The lowest BCUT2D eigenvalue weighted by molar-refractivity contribution is 0.0974. The van der Waals surface area contributed by atoms with E-state index >= 15 is 0 Å². The Balaban J connectivity index is 2.11. The van der Waals surface area contributed by atoms with Crippen LogP contribution >= 0.6 is 23.8 Å². The van der Waals surface area contributed by atoms with Gasteiger partial charge in [-0.2, -0.15) is 0 Å². The highest BCUT2D eigenvalue weighted by atomic mass is 35.5. The summed E-state index contributed by atoms with van der Waals surface area (Å²) in [5.74, 6) is 0.403. The minimum Gasteiger partial charge on any atom is -0.506 e. The highest BCUT2D eigenvalue weighted by Crippen LogP contribution is 2.27. The summed E-state index contributed by atoms with van der Waals surface area (Å²) in [6, 6.07) is 9.23. The van der Waals surface area contributed by atoms with E-state index in [1.807, 2.05) is 0 Å². The first-order valence-corrected chi connectivity index (χ1v) is 7.56. The highest BCUT2D eigenvalue weighted by Gasteiger charge is 2.15. The molecule has 24 heavy (non-hydrogen) atoms. The van der Waals surface area contributed by atoms with Crippen molar-refractivity contribution in [1.29, 1.82) is 0 Å². The van der Waals surface area contributed by atoms with Crippen LogP contribution in [0.2, 0.25) is 5.02 Å². The summed E-state index contributed by atoms with van der Waals surface area (Å²) in [6.07, 6.45) is 0. The number of thiocarbonyl (C=S) groups is 1. The third-order valence-corrected chi connectivity index (χ3v) is 3.53. The normalized spacial score (nSPS) is 9.96. The van der Waals surface area contributed by atoms with Crippen molar-refractivity contribution in [3.05, 3.63) is 47.0 Å². The molecule has 0 aliphatic carbocycles. The van der Waals surface area contributed by atoms with Gasteiger partial charge >= 0.3 is 0 Å². The van der Waals surface area contributed by atoms with Gasteiger partial charge in [-0.25, -0.2) is 0 Å². The number of nitrogens with one attached hydrogen (secondary N) is 2. The molecule has 0 aromatic heterocycles. The molecule has 0 unspecified atom stereocenters. The van der Waals surface area contributed by atoms with Crippen LogP contribution in [0.4, 0.5) is 5.69 Å². The van der Waals surface area contributed by atoms with E-state index in [0.717, 1.165) is 0 Å². The van der Waals surface area contributed by atoms with E-state index in [1.54, 1.807) is 18.2 Å². The summed E-state index contributed by atoms with van der Waals surface area (Å²) >= 11 is 10.9. The number of phenolic OH excluding ortho intramolecular Hbond substituents is 1. The molecule has 0 bridgehead atoms. The second kappa shape index (κ2) is 7.85. The molecule has 0 atom stereocenters. The largest absolute Gasteiger partial charge is 0.506 e. The Morgan fingerprint density at radius 1 is 1.17 bits per heavy atom. The first-order chi connectivity index (χ1) is 11.4. The molecule has 0 aliphatic heterocycles. The summed E-state index contributed by atoms with van der Waals surface area (Å²) in [4.78, 5) is 12.3. The van der Waals surface area contributed by atoms with Crippen molar-refractivity contribution in [2.45, 2.75) is 0 Å². The fourth-order valence-electron chi connectivity index (χ4n) is 1.92. The molecule has 0 fully saturated rings. The van der Waals surface area contributed by atoms with E-state index in [4.69, 9.17) is 33.3 Å². The molecule has 1 amide bonds. The molecule has 3 N–H and O–H groups in total. The number of carbonyl (C=O) groups is 1. The summed E-state index contributed by atoms with van der Waals surface area (Å²) in [5.41, 5.74) is 0.576. The molecule has 2 rings (SSSR count). The number of carbonyl (C=O) groups excluding carboxylic acids is 1. The molecule has 0 spiro atoms. The van der Waals surface area contributed by atoms with Crippen LogP contribution in [0.1, 0.15) is 10.4 Å². The van der Waals surface area contributed by atoms with Crippen molar-refractivity contribution in [1.82, 2.24) is 5.32 Å². The lowest BCUT2D eigenvalue weighted by Crippen LogP contribution is -2.34. The van der Waals surface area contributed by atoms with Crippen LogP contribution in [0.5, 0.6) is 17.2 Å². The quantitative estimate of drug-likeness (QED) is 0.569. The van der Waals surface area contributed by atoms with Crippen molar-refractivity contribution >= 4 is 40.5 Å². The zero-order chi connectivity index (χ0) is 17.7. The molecular weight excluding hydrogens is 352 g/mol. The molecule has 0 aliphatic rings. The average molecular weight is 367 g/mol. The minimum absolute atomic E-state index is 0.00966. The van der Waals surface area contributed by atoms with Gasteiger partial charge in [0.1, 0.15) is 17.2 Å². The van der Waals surface area contributed by atoms with E-state index in [1.165, 1.54) is 32.4 Å². The zero-order valence-corrected chi connectivity index (χ0v) is 14.5. The van der Waals surface area contributed by atoms with Crippen LogP contribution in [0.3, 0.4) is 0 Å². The second-order valence-corrected chi connectivity index (χ2v) is 5.48. The molecule has 2 aromatic rings. The molecule has 6 nitrogen and oxygen atoms in total. The van der Waals surface area contributed by atoms with Crippen LogP contribution in [-0.2, 0) is 0 Å². The molecule has 0 saturated carbocycles. The third-order valence-electron chi connectivity index (χ3n) is 3.09. The Kier molecular flexibility index (Phi) is 5.83. The van der Waals surface area contributed by atoms with Crippen molar-refractivity contribution in [2.75, 3.05) is 19.5 Å². The zero-order valence-electron chi connectivity index (χ0n) is 12.9. The summed E-state index contributed by atoms with van der Waals surface area (Å²) in [6.45, 7) is 0. The maximum Gasteiger partial charge on any atom is 0.261 e. The lowest BCUT2D eigenvalue weighted by Gasteiger charge is -2.13. The second-order valence-electron chi connectivity index (χ2n) is 4.64. The van der Waals surface area contributed by atoms with Gasteiger partial charge in [-0.15, -0.1) is 0 Å². The van der Waals surface area contributed by atoms with Crippen LogP contribution < -0.4 is 20.1 Å². The molecule has 2 aromatic carbocycles. The fraction of sp³-hybridized carbons (Fsp3) is 0.125. The molecular formula is C16H15ClN2O4S. The van der Waals surface area contributed by atoms with Gasteiger partial charge in [-0.05, 0) is 42.5 Å². The van der Waals surface area contributed by atoms with Gasteiger partial charge in [-0.1, -0.05) is 11.6 Å². The third kappa shape index (κ3) is 4.27. The Morgan fingerprint density at radius 2 is 1.92 bits per heavy atom. The van der Waals surface area contributed by atoms with Gasteiger partial charge in [0.15, 0.2) is 5.11 Å². The molecule has 0 saturated heterocycles. The highest BCUT2D eigenvalue weighted by molar-refractivity contribution is 7.80. The number of amides is 1. The van der Waals surface area contributed by atoms with E-state index in [9.17, 15) is 9.90 Å². The van der Waals surface area contributed by atoms with Crippen molar-refractivity contribution < 1.29 is 19.4 Å². The Bertz CT molecular complexity index is 783. The number of anilines is 1. The maximum atomic E-state index is 12.3. The Labute approximate surface area is 149 Å². The standard InChI is InChI=1S/C16H15ClN2O4S/c1-22-10-4-5-11(14(8-10)23-2)15(21)19-16(24)18-12-7-9(17)3-6-13(12)20/h3-8,20H,1-2H3,(H2,18,19,21,24). The number of methoxy groups -OCH3 is 2. The van der Waals surface area contributed by atoms with Gasteiger partial charge in [0.2, 0.25) is 0 Å². The van der Waals surface area contributed by atoms with Gasteiger partial charge < -0.3 is 19.9 Å². The van der Waals surface area contributed by atoms with E-state index < -0.39 is 5.91 Å². The topological polar surface area (TPSA) is 79.8 Å². The SMILES string of the molecule is COc1ccc(C(=O)NC(=S)Nc2cc(Cl)ccc2O)c(OC)c1. The number of hydrogen-bond acceptors (Lipinski definition) is 5. The smallest absolute Gasteiger partial charge is 0.261 e. The van der Waals surface area contributed by atoms with Crippen LogP contribution in [0, 0.1) is 0 Å². The number of halogens is 1. The molecule has 0 heterocycles. The number of benzene rings is 2. The summed E-state index contributed by atoms with van der Waals surface area (Å²) < 4.78 is 10.3. The van der Waals surface area contributed by atoms with Crippen LogP contribution in [0.25, 0.3) is 0 Å². The average Bonchev–Trinajstić information content (AvgIpc) is 2.57.